The summed E-state index contributed by atoms with van der Waals surface area (Å²) in [5.74, 6) is -0.186. The monoisotopic (exact) mass is 416 g/mol. The fourth-order valence-corrected chi connectivity index (χ4v) is 3.40. The Morgan fingerprint density at radius 2 is 2.00 bits per heavy atom. The standard InChI is InChI=1S/C21H19F3N4O2/c1-28-10-8-15-17(20(28)29)19(26-13-5-3-2-4-6-13)18(27-15)14-7-9-25-11-16(14)30-12-21(22,23)24/h2-7,9,11,26-27H,8,10,12H2,1H3. The molecule has 6 nitrogen and oxygen atoms in total. The number of aromatic amines is 1. The predicted molar refractivity (Wildman–Crippen MR) is 106 cm³/mol. The van der Waals surface area contributed by atoms with E-state index in [4.69, 9.17) is 4.74 Å². The molecule has 0 unspecified atom stereocenters. The van der Waals surface area contributed by atoms with Crippen molar-refractivity contribution < 1.29 is 22.7 Å². The van der Waals surface area contributed by atoms with Crippen LogP contribution in [0.2, 0.25) is 0 Å². The molecular weight excluding hydrogens is 397 g/mol. The number of nitrogens with zero attached hydrogens (tertiary/aromatic N) is 2. The Balaban J connectivity index is 1.83. The number of halogens is 3. The van der Waals surface area contributed by atoms with E-state index in [-0.39, 0.29) is 11.7 Å². The first-order chi connectivity index (χ1) is 14.3. The zero-order valence-corrected chi connectivity index (χ0v) is 16.1. The van der Waals surface area contributed by atoms with Crippen LogP contribution in [-0.2, 0) is 6.42 Å². The van der Waals surface area contributed by atoms with Gasteiger partial charge in [0.25, 0.3) is 5.91 Å². The Morgan fingerprint density at radius 3 is 2.73 bits per heavy atom. The SMILES string of the molecule is CN1CCc2[nH]c(-c3ccncc3OCC(F)(F)F)c(Nc3ccccc3)c2C1=O. The molecule has 30 heavy (non-hydrogen) atoms. The highest BCUT2D eigenvalue weighted by atomic mass is 19.4. The molecule has 3 heterocycles. The second kappa shape index (κ2) is 7.74. The van der Waals surface area contributed by atoms with Crippen molar-refractivity contribution in [3.63, 3.8) is 0 Å². The molecular formula is C21H19F3N4O2. The molecule has 0 aliphatic carbocycles. The van der Waals surface area contributed by atoms with Gasteiger partial charge in [-0.15, -0.1) is 0 Å². The summed E-state index contributed by atoms with van der Waals surface area (Å²) in [7, 11) is 1.72. The predicted octanol–water partition coefficient (Wildman–Crippen LogP) is 4.39. The van der Waals surface area contributed by atoms with E-state index < -0.39 is 12.8 Å². The van der Waals surface area contributed by atoms with Crippen LogP contribution in [-0.4, -0.2) is 47.2 Å². The average molecular weight is 416 g/mol. The molecule has 3 aromatic rings. The van der Waals surface area contributed by atoms with Crippen LogP contribution in [0.1, 0.15) is 16.1 Å². The minimum absolute atomic E-state index is 0.0228. The number of pyridine rings is 1. The van der Waals surface area contributed by atoms with E-state index in [1.807, 2.05) is 30.3 Å². The van der Waals surface area contributed by atoms with Crippen molar-refractivity contribution in [3.8, 4) is 17.0 Å². The molecule has 2 N–H and O–H groups in total. The summed E-state index contributed by atoms with van der Waals surface area (Å²) >= 11 is 0. The number of fused-ring (bicyclic) bond motifs is 1. The van der Waals surface area contributed by atoms with Crippen molar-refractivity contribution in [2.24, 2.45) is 0 Å². The Hall–Kier alpha value is -3.49. The molecule has 1 aliphatic heterocycles. The van der Waals surface area contributed by atoms with Crippen LogP contribution >= 0.6 is 0 Å². The molecule has 4 rings (SSSR count). The van der Waals surface area contributed by atoms with Crippen molar-refractivity contribution in [2.75, 3.05) is 25.5 Å². The topological polar surface area (TPSA) is 70.2 Å². The Labute approximate surface area is 170 Å². The molecule has 1 aliphatic rings. The summed E-state index contributed by atoms with van der Waals surface area (Å²) in [6, 6.07) is 10.8. The van der Waals surface area contributed by atoms with E-state index in [1.54, 1.807) is 18.0 Å². The Morgan fingerprint density at radius 1 is 1.23 bits per heavy atom. The molecule has 9 heteroatoms. The number of aromatic nitrogens is 2. The summed E-state index contributed by atoms with van der Waals surface area (Å²) in [4.78, 5) is 21.6. The summed E-state index contributed by atoms with van der Waals surface area (Å²) < 4.78 is 43.1. The number of para-hydroxylation sites is 1. The van der Waals surface area contributed by atoms with E-state index in [2.05, 4.69) is 15.3 Å². The maximum atomic E-state index is 12.9. The Bertz CT molecular complexity index is 1060. The highest BCUT2D eigenvalue weighted by molar-refractivity contribution is 6.06. The number of rotatable bonds is 5. The van der Waals surface area contributed by atoms with Gasteiger partial charge in [-0.05, 0) is 18.2 Å². The third-order valence-electron chi connectivity index (χ3n) is 4.82. The summed E-state index contributed by atoms with van der Waals surface area (Å²) in [5.41, 5.74) is 3.31. The maximum absolute atomic E-state index is 12.9. The number of alkyl halides is 3. The van der Waals surface area contributed by atoms with Crippen LogP contribution in [0.3, 0.4) is 0 Å². The molecule has 0 bridgehead atoms. The van der Waals surface area contributed by atoms with Crippen LogP contribution in [0, 0.1) is 0 Å². The smallest absolute Gasteiger partial charge is 0.422 e. The van der Waals surface area contributed by atoms with Crippen LogP contribution < -0.4 is 10.1 Å². The fraction of sp³-hybridized carbons (Fsp3) is 0.238. The van der Waals surface area contributed by atoms with Crippen LogP contribution in [0.5, 0.6) is 5.75 Å². The molecule has 0 saturated carbocycles. The van der Waals surface area contributed by atoms with Crippen LogP contribution in [0.15, 0.2) is 48.8 Å². The maximum Gasteiger partial charge on any atom is 0.422 e. The second-order valence-electron chi connectivity index (χ2n) is 6.97. The van der Waals surface area contributed by atoms with Gasteiger partial charge in [-0.2, -0.15) is 13.2 Å². The number of hydrogen-bond donors (Lipinski definition) is 2. The molecule has 0 atom stereocenters. The Kier molecular flexibility index (Phi) is 5.11. The summed E-state index contributed by atoms with van der Waals surface area (Å²) in [5, 5.41) is 3.25. The minimum atomic E-state index is -4.48. The molecule has 156 valence electrons. The first kappa shape index (κ1) is 19.8. The number of amides is 1. The van der Waals surface area contributed by atoms with Crippen molar-refractivity contribution in [3.05, 3.63) is 60.0 Å². The van der Waals surface area contributed by atoms with Gasteiger partial charge in [-0.3, -0.25) is 9.78 Å². The number of hydrogen-bond acceptors (Lipinski definition) is 4. The number of nitrogens with one attached hydrogen (secondary N) is 2. The van der Waals surface area contributed by atoms with Crippen LogP contribution in [0.25, 0.3) is 11.3 Å². The van der Waals surface area contributed by atoms with Gasteiger partial charge in [-0.1, -0.05) is 18.2 Å². The number of anilines is 2. The lowest BCUT2D eigenvalue weighted by Gasteiger charge is -2.23. The lowest BCUT2D eigenvalue weighted by atomic mass is 10.0. The first-order valence-electron chi connectivity index (χ1n) is 9.30. The number of carbonyl (C=O) groups excluding carboxylic acids is 1. The molecule has 1 amide bonds. The fourth-order valence-electron chi connectivity index (χ4n) is 3.40. The van der Waals surface area contributed by atoms with E-state index in [0.29, 0.717) is 35.5 Å². The molecule has 0 radical (unpaired) electrons. The second-order valence-corrected chi connectivity index (χ2v) is 6.97. The van der Waals surface area contributed by atoms with Gasteiger partial charge < -0.3 is 19.9 Å². The van der Waals surface area contributed by atoms with Crippen molar-refractivity contribution in [1.29, 1.82) is 0 Å². The van der Waals surface area contributed by atoms with E-state index >= 15 is 0 Å². The van der Waals surface area contributed by atoms with E-state index in [0.717, 1.165) is 11.4 Å². The van der Waals surface area contributed by atoms with Gasteiger partial charge in [-0.25, -0.2) is 0 Å². The lowest BCUT2D eigenvalue weighted by molar-refractivity contribution is -0.153. The number of carbonyl (C=O) groups is 1. The molecule has 1 aromatic carbocycles. The summed E-state index contributed by atoms with van der Waals surface area (Å²) in [6.45, 7) is -0.889. The van der Waals surface area contributed by atoms with Crippen molar-refractivity contribution in [2.45, 2.75) is 12.6 Å². The highest BCUT2D eigenvalue weighted by Gasteiger charge is 2.32. The van der Waals surface area contributed by atoms with Crippen molar-refractivity contribution >= 4 is 17.3 Å². The molecule has 0 fully saturated rings. The van der Waals surface area contributed by atoms with Gasteiger partial charge in [0.15, 0.2) is 6.61 Å². The zero-order valence-electron chi connectivity index (χ0n) is 16.1. The minimum Gasteiger partial charge on any atom is -0.482 e. The average Bonchev–Trinajstić information content (AvgIpc) is 3.08. The van der Waals surface area contributed by atoms with Gasteiger partial charge in [0.1, 0.15) is 5.75 Å². The largest absolute Gasteiger partial charge is 0.482 e. The van der Waals surface area contributed by atoms with E-state index in [1.165, 1.54) is 12.4 Å². The van der Waals surface area contributed by atoms with Gasteiger partial charge >= 0.3 is 6.18 Å². The third kappa shape index (κ3) is 3.96. The number of benzene rings is 1. The third-order valence-corrected chi connectivity index (χ3v) is 4.82. The molecule has 0 saturated heterocycles. The van der Waals surface area contributed by atoms with Gasteiger partial charge in [0.05, 0.1) is 23.1 Å². The first-order valence-corrected chi connectivity index (χ1v) is 9.30. The quantitative estimate of drug-likeness (QED) is 0.647. The molecule has 0 spiro atoms. The van der Waals surface area contributed by atoms with Crippen molar-refractivity contribution in [1.82, 2.24) is 14.9 Å². The number of ether oxygens (including phenoxy) is 1. The number of H-pyrrole nitrogens is 1. The van der Waals surface area contributed by atoms with Gasteiger partial charge in [0, 0.05) is 43.2 Å². The molecule has 2 aromatic heterocycles. The normalized spacial score (nSPS) is 13.9. The van der Waals surface area contributed by atoms with Gasteiger partial charge in [0.2, 0.25) is 0 Å². The highest BCUT2D eigenvalue weighted by Crippen LogP contribution is 2.41. The summed E-state index contributed by atoms with van der Waals surface area (Å²) in [6.07, 6.45) is -1.17. The zero-order chi connectivity index (χ0) is 21.3. The van der Waals surface area contributed by atoms with Crippen LogP contribution in [0.4, 0.5) is 24.5 Å². The number of likely N-dealkylation sites (N-methyl/N-ethyl adjacent to an activating group) is 1. The lowest BCUT2D eigenvalue weighted by Crippen LogP contribution is -2.34. The van der Waals surface area contributed by atoms with E-state index in [9.17, 15) is 18.0 Å².